The lowest BCUT2D eigenvalue weighted by Crippen LogP contribution is -2.54. The number of halogens is 1. The summed E-state index contributed by atoms with van der Waals surface area (Å²) in [6, 6.07) is 10.2. The molecule has 7 heteroatoms. The largest absolute Gasteiger partial charge is 0.507 e. The first-order chi connectivity index (χ1) is 11.5. The molecule has 0 unspecified atom stereocenters. The molecule has 0 bridgehead atoms. The molecule has 3 rings (SSSR count). The zero-order chi connectivity index (χ0) is 17.3. The molecule has 1 aliphatic heterocycles. The predicted molar refractivity (Wildman–Crippen MR) is 83.5 cm³/mol. The van der Waals surface area contributed by atoms with Crippen LogP contribution in [0.15, 0.2) is 54.1 Å². The fourth-order valence-corrected chi connectivity index (χ4v) is 2.27. The number of amides is 4. The van der Waals surface area contributed by atoms with Gasteiger partial charge in [-0.05, 0) is 24.3 Å². The third kappa shape index (κ3) is 2.63. The van der Waals surface area contributed by atoms with E-state index in [0.29, 0.717) is 4.90 Å². The Bertz CT molecular complexity index is 892. The van der Waals surface area contributed by atoms with Crippen LogP contribution in [0.3, 0.4) is 0 Å². The van der Waals surface area contributed by atoms with Crippen LogP contribution in [0, 0.1) is 5.82 Å². The van der Waals surface area contributed by atoms with Crippen molar-refractivity contribution in [1.82, 2.24) is 5.32 Å². The third-order valence-corrected chi connectivity index (χ3v) is 3.43. The minimum atomic E-state index is -1.04. The minimum absolute atomic E-state index is 0.139. The SMILES string of the molecule is O=C1NC(=O)N(c2ccccc2F)C(=O)/C1=C\c1ccccc1O. The summed E-state index contributed by atoms with van der Waals surface area (Å²) in [5.41, 5.74) is -0.436. The lowest BCUT2D eigenvalue weighted by Gasteiger charge is -2.26. The molecule has 0 aromatic heterocycles. The van der Waals surface area contributed by atoms with Crippen molar-refractivity contribution in [1.29, 1.82) is 0 Å². The van der Waals surface area contributed by atoms with E-state index < -0.39 is 23.7 Å². The van der Waals surface area contributed by atoms with Gasteiger partial charge < -0.3 is 5.11 Å². The number of nitrogens with one attached hydrogen (secondary N) is 1. The molecule has 2 N–H and O–H groups in total. The van der Waals surface area contributed by atoms with Crippen molar-refractivity contribution in [2.75, 3.05) is 4.90 Å². The van der Waals surface area contributed by atoms with Gasteiger partial charge in [-0.3, -0.25) is 14.9 Å². The number of rotatable bonds is 2. The van der Waals surface area contributed by atoms with Crippen molar-refractivity contribution >= 4 is 29.6 Å². The molecule has 1 fully saturated rings. The number of imide groups is 2. The Kier molecular flexibility index (Phi) is 3.83. The lowest BCUT2D eigenvalue weighted by atomic mass is 10.1. The molecule has 0 atom stereocenters. The maximum absolute atomic E-state index is 13.9. The maximum atomic E-state index is 13.9. The topological polar surface area (TPSA) is 86.7 Å². The number of para-hydroxylation sites is 2. The van der Waals surface area contributed by atoms with Gasteiger partial charge in [-0.1, -0.05) is 30.3 Å². The average molecular weight is 326 g/mol. The van der Waals surface area contributed by atoms with Crippen LogP contribution in [0.25, 0.3) is 6.08 Å². The van der Waals surface area contributed by atoms with Crippen LogP contribution in [-0.4, -0.2) is 23.0 Å². The van der Waals surface area contributed by atoms with E-state index in [9.17, 15) is 23.9 Å². The molecular weight excluding hydrogens is 315 g/mol. The summed E-state index contributed by atoms with van der Waals surface area (Å²) in [5, 5.41) is 11.8. The zero-order valence-electron chi connectivity index (χ0n) is 12.2. The van der Waals surface area contributed by atoms with E-state index in [1.807, 2.05) is 5.32 Å². The summed E-state index contributed by atoms with van der Waals surface area (Å²) in [6.45, 7) is 0. The van der Waals surface area contributed by atoms with Crippen molar-refractivity contribution in [3.63, 3.8) is 0 Å². The molecule has 0 spiro atoms. The van der Waals surface area contributed by atoms with Gasteiger partial charge in [0.1, 0.15) is 17.1 Å². The number of phenols is 1. The number of phenolic OH excluding ortho intramolecular Hbond substituents is 1. The number of benzene rings is 2. The van der Waals surface area contributed by atoms with Gasteiger partial charge in [0.05, 0.1) is 5.69 Å². The third-order valence-electron chi connectivity index (χ3n) is 3.43. The molecule has 120 valence electrons. The Labute approximate surface area is 135 Å². The number of nitrogens with zero attached hydrogens (tertiary/aromatic N) is 1. The number of anilines is 1. The van der Waals surface area contributed by atoms with Gasteiger partial charge in [0.15, 0.2) is 0 Å². The normalized spacial score (nSPS) is 16.5. The van der Waals surface area contributed by atoms with E-state index >= 15 is 0 Å². The summed E-state index contributed by atoms with van der Waals surface area (Å²) in [4.78, 5) is 37.0. The van der Waals surface area contributed by atoms with E-state index in [4.69, 9.17) is 0 Å². The standard InChI is InChI=1S/C17H11FN2O4/c18-12-6-2-3-7-13(12)20-16(23)11(15(22)19-17(20)24)9-10-5-1-4-8-14(10)21/h1-9,21H,(H,19,22,24)/b11-9-. The zero-order valence-corrected chi connectivity index (χ0v) is 12.2. The monoisotopic (exact) mass is 326 g/mol. The van der Waals surface area contributed by atoms with Crippen LogP contribution in [0.4, 0.5) is 14.9 Å². The van der Waals surface area contributed by atoms with E-state index in [1.54, 1.807) is 12.1 Å². The molecule has 0 saturated carbocycles. The summed E-state index contributed by atoms with van der Waals surface area (Å²) >= 11 is 0. The summed E-state index contributed by atoms with van der Waals surface area (Å²) in [6.07, 6.45) is 1.15. The number of urea groups is 1. The van der Waals surface area contributed by atoms with Gasteiger partial charge in [0.2, 0.25) is 0 Å². The molecule has 0 aliphatic carbocycles. The van der Waals surface area contributed by atoms with Gasteiger partial charge >= 0.3 is 6.03 Å². The predicted octanol–water partition coefficient (Wildman–Crippen LogP) is 2.20. The molecule has 2 aromatic carbocycles. The average Bonchev–Trinajstić information content (AvgIpc) is 2.54. The Morgan fingerprint density at radius 2 is 1.67 bits per heavy atom. The lowest BCUT2D eigenvalue weighted by molar-refractivity contribution is -0.122. The van der Waals surface area contributed by atoms with Crippen LogP contribution in [-0.2, 0) is 9.59 Å². The van der Waals surface area contributed by atoms with Crippen molar-refractivity contribution in [2.45, 2.75) is 0 Å². The van der Waals surface area contributed by atoms with Gasteiger partial charge in [-0.25, -0.2) is 14.1 Å². The second-order valence-corrected chi connectivity index (χ2v) is 4.97. The van der Waals surface area contributed by atoms with Crippen molar-refractivity contribution in [3.05, 3.63) is 65.5 Å². The highest BCUT2D eigenvalue weighted by atomic mass is 19.1. The summed E-state index contributed by atoms with van der Waals surface area (Å²) < 4.78 is 13.9. The summed E-state index contributed by atoms with van der Waals surface area (Å²) in [5.74, 6) is -2.81. The van der Waals surface area contributed by atoms with E-state index in [-0.39, 0.29) is 22.6 Å². The van der Waals surface area contributed by atoms with Crippen LogP contribution < -0.4 is 10.2 Å². The highest BCUT2D eigenvalue weighted by Crippen LogP contribution is 2.26. The van der Waals surface area contributed by atoms with Crippen molar-refractivity contribution in [3.8, 4) is 5.75 Å². The first kappa shape index (κ1) is 15.4. The molecule has 1 heterocycles. The van der Waals surface area contributed by atoms with E-state index in [2.05, 4.69) is 0 Å². The molecule has 1 saturated heterocycles. The van der Waals surface area contributed by atoms with E-state index in [1.165, 1.54) is 30.3 Å². The minimum Gasteiger partial charge on any atom is -0.507 e. The number of aromatic hydroxyl groups is 1. The molecule has 4 amide bonds. The van der Waals surface area contributed by atoms with Gasteiger partial charge in [0.25, 0.3) is 11.8 Å². The molecule has 6 nitrogen and oxygen atoms in total. The van der Waals surface area contributed by atoms with Crippen LogP contribution in [0.2, 0.25) is 0 Å². The Morgan fingerprint density at radius 1 is 1.00 bits per heavy atom. The van der Waals surface area contributed by atoms with Crippen LogP contribution in [0.5, 0.6) is 5.75 Å². The smallest absolute Gasteiger partial charge is 0.336 e. The van der Waals surface area contributed by atoms with Gasteiger partial charge in [0, 0.05) is 5.56 Å². The van der Waals surface area contributed by atoms with E-state index in [0.717, 1.165) is 12.1 Å². The molecule has 1 aliphatic rings. The second kappa shape index (κ2) is 5.96. The molecule has 0 radical (unpaired) electrons. The summed E-state index contributed by atoms with van der Waals surface area (Å²) in [7, 11) is 0. The van der Waals surface area contributed by atoms with Crippen LogP contribution in [0.1, 0.15) is 5.56 Å². The van der Waals surface area contributed by atoms with Crippen molar-refractivity contribution < 1.29 is 23.9 Å². The fourth-order valence-electron chi connectivity index (χ4n) is 2.27. The fraction of sp³-hybridized carbons (Fsp3) is 0. The van der Waals surface area contributed by atoms with Gasteiger partial charge in [-0.15, -0.1) is 0 Å². The second-order valence-electron chi connectivity index (χ2n) is 4.97. The number of hydrogen-bond acceptors (Lipinski definition) is 4. The number of barbiturate groups is 1. The number of carbonyl (C=O) groups is 3. The van der Waals surface area contributed by atoms with Crippen molar-refractivity contribution in [2.24, 2.45) is 0 Å². The molecule has 24 heavy (non-hydrogen) atoms. The first-order valence-electron chi connectivity index (χ1n) is 6.93. The molecule has 2 aromatic rings. The van der Waals surface area contributed by atoms with Crippen LogP contribution >= 0.6 is 0 Å². The Morgan fingerprint density at radius 3 is 2.38 bits per heavy atom. The maximum Gasteiger partial charge on any atom is 0.336 e. The number of carbonyl (C=O) groups excluding carboxylic acids is 3. The molecular formula is C17H11FN2O4. The number of hydrogen-bond donors (Lipinski definition) is 2. The highest BCUT2D eigenvalue weighted by molar-refractivity contribution is 6.39. The Balaban J connectivity index is 2.07. The Hall–Kier alpha value is -3.48. The highest BCUT2D eigenvalue weighted by Gasteiger charge is 2.38. The van der Waals surface area contributed by atoms with Gasteiger partial charge in [-0.2, -0.15) is 0 Å². The first-order valence-corrected chi connectivity index (χ1v) is 6.93. The quantitative estimate of drug-likeness (QED) is 0.654.